The molecule has 0 aromatic carbocycles. The molecule has 21 heavy (non-hydrogen) atoms. The fourth-order valence-corrected chi connectivity index (χ4v) is 5.83. The Labute approximate surface area is 130 Å². The summed E-state index contributed by atoms with van der Waals surface area (Å²) < 4.78 is 29.7. The quantitative estimate of drug-likeness (QED) is 0.781. The monoisotopic (exact) mass is 317 g/mol. The molecule has 2 aliphatic rings. The van der Waals surface area contributed by atoms with Gasteiger partial charge in [0.2, 0.25) is 0 Å². The molecular weight excluding hydrogens is 286 g/mol. The molecule has 2 rings (SSSR count). The highest BCUT2D eigenvalue weighted by atomic mass is 32.2. The maximum absolute atomic E-state index is 13.1. The number of nitrogens with zero attached hydrogens (tertiary/aromatic N) is 2. The molecule has 1 unspecified atom stereocenters. The Morgan fingerprint density at radius 3 is 2.38 bits per heavy atom. The van der Waals surface area contributed by atoms with Gasteiger partial charge in [0.1, 0.15) is 0 Å². The number of hydrogen-bond donors (Lipinski definition) is 1. The molecule has 124 valence electrons. The van der Waals surface area contributed by atoms with Crippen molar-refractivity contribution in [2.24, 2.45) is 0 Å². The summed E-state index contributed by atoms with van der Waals surface area (Å²) in [6, 6.07) is 0.348. The summed E-state index contributed by atoms with van der Waals surface area (Å²) in [5.41, 5.74) is 0. The fourth-order valence-electron chi connectivity index (χ4n) is 3.73. The third-order valence-electron chi connectivity index (χ3n) is 4.84. The predicted molar refractivity (Wildman–Crippen MR) is 86.4 cm³/mol. The molecule has 1 N–H and O–H groups in total. The molecule has 0 aromatic heterocycles. The van der Waals surface area contributed by atoms with Crippen LogP contribution >= 0.6 is 0 Å². The normalized spacial score (nSPS) is 25.8. The Kier molecular flexibility index (Phi) is 6.47. The molecule has 2 fully saturated rings. The summed E-state index contributed by atoms with van der Waals surface area (Å²) >= 11 is 0. The van der Waals surface area contributed by atoms with Crippen LogP contribution in [0.1, 0.15) is 58.8 Å². The molecule has 1 heterocycles. The summed E-state index contributed by atoms with van der Waals surface area (Å²) in [5.74, 6) is 0. The van der Waals surface area contributed by atoms with Crippen molar-refractivity contribution >= 4 is 10.2 Å². The van der Waals surface area contributed by atoms with E-state index in [2.05, 4.69) is 12.2 Å². The van der Waals surface area contributed by atoms with Gasteiger partial charge in [-0.1, -0.05) is 33.1 Å². The zero-order chi connectivity index (χ0) is 15.3. The van der Waals surface area contributed by atoms with Crippen LogP contribution in [0, 0.1) is 0 Å². The molecule has 0 amide bonds. The second-order valence-electron chi connectivity index (χ2n) is 6.22. The highest BCUT2D eigenvalue weighted by Gasteiger charge is 2.39. The number of likely N-dealkylation sites (N-methyl/N-ethyl adjacent to an activating group) is 1. The van der Waals surface area contributed by atoms with Crippen LogP contribution in [0.25, 0.3) is 0 Å². The zero-order valence-electron chi connectivity index (χ0n) is 13.6. The molecule has 0 radical (unpaired) electrons. The van der Waals surface area contributed by atoms with Crippen LogP contribution in [-0.4, -0.2) is 55.3 Å². The standard InChI is InChI=1S/C15H31N3O2S/c1-3-16-13-15-11-7-8-12-18(15)21(19,20)17(4-2)14-9-5-6-10-14/h14-16H,3-13H2,1-2H3. The largest absolute Gasteiger partial charge is 0.315 e. The van der Waals surface area contributed by atoms with Gasteiger partial charge in [0.05, 0.1) is 0 Å². The van der Waals surface area contributed by atoms with Gasteiger partial charge >= 0.3 is 0 Å². The topological polar surface area (TPSA) is 52.7 Å². The lowest BCUT2D eigenvalue weighted by atomic mass is 10.1. The maximum Gasteiger partial charge on any atom is 0.282 e. The van der Waals surface area contributed by atoms with E-state index in [1.165, 1.54) is 0 Å². The molecule has 1 aliphatic heterocycles. The highest BCUT2D eigenvalue weighted by Crippen LogP contribution is 2.29. The van der Waals surface area contributed by atoms with Crippen molar-refractivity contribution in [3.8, 4) is 0 Å². The summed E-state index contributed by atoms with van der Waals surface area (Å²) in [6.45, 7) is 6.99. The molecule has 0 bridgehead atoms. The Morgan fingerprint density at radius 2 is 1.76 bits per heavy atom. The third kappa shape index (κ3) is 3.97. The van der Waals surface area contributed by atoms with Crippen molar-refractivity contribution < 1.29 is 8.42 Å². The first kappa shape index (κ1) is 17.2. The first-order chi connectivity index (χ1) is 10.1. The van der Waals surface area contributed by atoms with Gasteiger partial charge in [-0.05, 0) is 32.2 Å². The van der Waals surface area contributed by atoms with Crippen LogP contribution in [0.4, 0.5) is 0 Å². The SMILES string of the molecule is CCNCC1CCCCN1S(=O)(=O)N(CC)C1CCCC1. The third-order valence-corrected chi connectivity index (χ3v) is 7.06. The minimum atomic E-state index is -3.31. The average Bonchev–Trinajstić information content (AvgIpc) is 2.99. The second kappa shape index (κ2) is 7.90. The Bertz CT molecular complexity index is 407. The maximum atomic E-state index is 13.1. The molecule has 1 atom stereocenters. The highest BCUT2D eigenvalue weighted by molar-refractivity contribution is 7.86. The summed E-state index contributed by atoms with van der Waals surface area (Å²) in [5, 5.41) is 3.32. The van der Waals surface area contributed by atoms with Gasteiger partial charge in [-0.25, -0.2) is 0 Å². The Balaban J connectivity index is 2.13. The van der Waals surface area contributed by atoms with Crippen molar-refractivity contribution in [2.75, 3.05) is 26.2 Å². The minimum absolute atomic E-state index is 0.124. The van der Waals surface area contributed by atoms with Crippen molar-refractivity contribution in [3.63, 3.8) is 0 Å². The van der Waals surface area contributed by atoms with E-state index in [-0.39, 0.29) is 12.1 Å². The van der Waals surface area contributed by atoms with E-state index in [0.29, 0.717) is 13.1 Å². The lowest BCUT2D eigenvalue weighted by Gasteiger charge is -2.39. The number of hydrogen-bond acceptors (Lipinski definition) is 3. The van der Waals surface area contributed by atoms with Crippen molar-refractivity contribution in [1.29, 1.82) is 0 Å². The van der Waals surface area contributed by atoms with Gasteiger partial charge in [0, 0.05) is 31.7 Å². The first-order valence-electron chi connectivity index (χ1n) is 8.60. The number of nitrogens with one attached hydrogen (secondary N) is 1. The fraction of sp³-hybridized carbons (Fsp3) is 1.00. The minimum Gasteiger partial charge on any atom is -0.315 e. The molecule has 5 nitrogen and oxygen atoms in total. The molecule has 1 saturated carbocycles. The predicted octanol–water partition coefficient (Wildman–Crippen LogP) is 1.96. The van der Waals surface area contributed by atoms with Crippen molar-refractivity contribution in [2.45, 2.75) is 70.9 Å². The van der Waals surface area contributed by atoms with Gasteiger partial charge < -0.3 is 5.32 Å². The van der Waals surface area contributed by atoms with E-state index >= 15 is 0 Å². The molecule has 1 aliphatic carbocycles. The lowest BCUT2D eigenvalue weighted by molar-refractivity contribution is 0.215. The van der Waals surface area contributed by atoms with Gasteiger partial charge in [0.25, 0.3) is 10.2 Å². The van der Waals surface area contributed by atoms with E-state index < -0.39 is 10.2 Å². The summed E-state index contributed by atoms with van der Waals surface area (Å²) in [6.07, 6.45) is 7.49. The van der Waals surface area contributed by atoms with Gasteiger partial charge in [-0.3, -0.25) is 0 Å². The van der Waals surface area contributed by atoms with Crippen LogP contribution in [0.5, 0.6) is 0 Å². The second-order valence-corrected chi connectivity index (χ2v) is 8.05. The average molecular weight is 317 g/mol. The molecule has 6 heteroatoms. The van der Waals surface area contributed by atoms with Crippen LogP contribution in [0.15, 0.2) is 0 Å². The van der Waals surface area contributed by atoms with Gasteiger partial charge in [-0.15, -0.1) is 0 Å². The molecule has 1 saturated heterocycles. The van der Waals surface area contributed by atoms with E-state index in [9.17, 15) is 8.42 Å². The van der Waals surface area contributed by atoms with Crippen LogP contribution in [-0.2, 0) is 10.2 Å². The van der Waals surface area contributed by atoms with Crippen LogP contribution in [0.2, 0.25) is 0 Å². The van der Waals surface area contributed by atoms with E-state index in [0.717, 1.165) is 58.0 Å². The van der Waals surface area contributed by atoms with E-state index in [1.807, 2.05) is 6.92 Å². The number of rotatable bonds is 7. The molecule has 0 aromatic rings. The Hall–Kier alpha value is -0.170. The van der Waals surface area contributed by atoms with Crippen molar-refractivity contribution in [1.82, 2.24) is 13.9 Å². The molecule has 0 spiro atoms. The van der Waals surface area contributed by atoms with Crippen LogP contribution < -0.4 is 5.32 Å². The van der Waals surface area contributed by atoms with Crippen molar-refractivity contribution in [3.05, 3.63) is 0 Å². The first-order valence-corrected chi connectivity index (χ1v) is 10.00. The number of piperidine rings is 1. The zero-order valence-corrected chi connectivity index (χ0v) is 14.4. The van der Waals surface area contributed by atoms with E-state index in [1.54, 1.807) is 8.61 Å². The van der Waals surface area contributed by atoms with Gasteiger partial charge in [0.15, 0.2) is 0 Å². The molecular formula is C15H31N3O2S. The smallest absolute Gasteiger partial charge is 0.282 e. The summed E-state index contributed by atoms with van der Waals surface area (Å²) in [4.78, 5) is 0. The van der Waals surface area contributed by atoms with E-state index in [4.69, 9.17) is 0 Å². The Morgan fingerprint density at radius 1 is 1.10 bits per heavy atom. The summed E-state index contributed by atoms with van der Waals surface area (Å²) in [7, 11) is -3.31. The van der Waals surface area contributed by atoms with Crippen LogP contribution in [0.3, 0.4) is 0 Å². The van der Waals surface area contributed by atoms with Gasteiger partial charge in [-0.2, -0.15) is 17.0 Å². The lowest BCUT2D eigenvalue weighted by Crippen LogP contribution is -2.55.